The molecule has 0 unspecified atom stereocenters. The maximum absolute atomic E-state index is 13.3. The lowest BCUT2D eigenvalue weighted by Gasteiger charge is -2.30. The van der Waals surface area contributed by atoms with E-state index in [1.165, 1.54) is 12.5 Å². The molecule has 1 fully saturated rings. The summed E-state index contributed by atoms with van der Waals surface area (Å²) in [7, 11) is 1.93. The van der Waals surface area contributed by atoms with E-state index in [0.29, 0.717) is 0 Å². The molecule has 0 saturated carbocycles. The first-order chi connectivity index (χ1) is 13.9. The lowest BCUT2D eigenvalue weighted by Crippen LogP contribution is -2.36. The lowest BCUT2D eigenvalue weighted by atomic mass is 10.1. The molecule has 1 aliphatic heterocycles. The first kappa shape index (κ1) is 19.7. The van der Waals surface area contributed by atoms with Crippen molar-refractivity contribution in [3.8, 4) is 11.4 Å². The van der Waals surface area contributed by atoms with Crippen LogP contribution in [0.4, 0.5) is 19.1 Å². The Bertz CT molecular complexity index is 948. The van der Waals surface area contributed by atoms with Gasteiger partial charge in [0.1, 0.15) is 16.3 Å². The zero-order valence-electron chi connectivity index (χ0n) is 15.5. The quantitative estimate of drug-likeness (QED) is 0.608. The number of aryl methyl sites for hydroxylation is 1. The SMILES string of the molecule is Cn1cnc(SN2CCC(Nc3ncc(C(F)(F)F)c(-c4cnc[nH]4)n3)CC2)c1. The van der Waals surface area contributed by atoms with E-state index in [2.05, 4.69) is 34.5 Å². The number of anilines is 1. The summed E-state index contributed by atoms with van der Waals surface area (Å²) in [6, 6.07) is 0.0851. The van der Waals surface area contributed by atoms with Crippen LogP contribution >= 0.6 is 11.9 Å². The Morgan fingerprint density at radius 2 is 2.00 bits per heavy atom. The molecule has 4 heterocycles. The third kappa shape index (κ3) is 4.70. The van der Waals surface area contributed by atoms with Gasteiger partial charge in [0.05, 0.1) is 24.5 Å². The molecule has 1 aliphatic rings. The third-order valence-corrected chi connectivity index (χ3v) is 5.56. The maximum atomic E-state index is 13.3. The molecule has 29 heavy (non-hydrogen) atoms. The van der Waals surface area contributed by atoms with Gasteiger partial charge in [-0.05, 0) is 24.8 Å². The van der Waals surface area contributed by atoms with Crippen molar-refractivity contribution in [2.75, 3.05) is 18.4 Å². The van der Waals surface area contributed by atoms with Crippen LogP contribution in [0.15, 0.2) is 36.3 Å². The van der Waals surface area contributed by atoms with E-state index in [0.717, 1.165) is 37.2 Å². The second-order valence-electron chi connectivity index (χ2n) is 6.74. The Kier molecular flexibility index (Phi) is 5.46. The minimum Gasteiger partial charge on any atom is -0.351 e. The number of hydrogen-bond acceptors (Lipinski definition) is 7. The number of piperidine rings is 1. The highest BCUT2D eigenvalue weighted by atomic mass is 32.2. The Morgan fingerprint density at radius 1 is 1.21 bits per heavy atom. The molecular formula is C17H19F3N8S. The van der Waals surface area contributed by atoms with Crippen molar-refractivity contribution in [1.82, 2.24) is 33.8 Å². The normalized spacial score (nSPS) is 16.3. The fourth-order valence-electron chi connectivity index (χ4n) is 3.09. The van der Waals surface area contributed by atoms with Crippen LogP contribution in [0.5, 0.6) is 0 Å². The smallest absolute Gasteiger partial charge is 0.351 e. The number of alkyl halides is 3. The van der Waals surface area contributed by atoms with Gasteiger partial charge in [-0.2, -0.15) is 13.2 Å². The molecule has 154 valence electrons. The zero-order valence-corrected chi connectivity index (χ0v) is 16.3. The van der Waals surface area contributed by atoms with Crippen molar-refractivity contribution in [3.05, 3.63) is 36.8 Å². The molecule has 1 saturated heterocycles. The van der Waals surface area contributed by atoms with Crippen molar-refractivity contribution >= 4 is 17.9 Å². The van der Waals surface area contributed by atoms with Crippen LogP contribution in [0.25, 0.3) is 11.4 Å². The zero-order chi connectivity index (χ0) is 20.4. The van der Waals surface area contributed by atoms with E-state index in [1.54, 1.807) is 18.3 Å². The molecule has 0 bridgehead atoms. The topological polar surface area (TPSA) is 87.5 Å². The predicted octanol–water partition coefficient (Wildman–Crippen LogP) is 3.20. The minimum atomic E-state index is -4.55. The van der Waals surface area contributed by atoms with Crippen molar-refractivity contribution < 1.29 is 13.2 Å². The minimum absolute atomic E-state index is 0.0851. The summed E-state index contributed by atoms with van der Waals surface area (Å²) >= 11 is 1.61. The predicted molar refractivity (Wildman–Crippen MR) is 102 cm³/mol. The maximum Gasteiger partial charge on any atom is 0.420 e. The molecule has 3 aromatic heterocycles. The summed E-state index contributed by atoms with van der Waals surface area (Å²) in [5.74, 6) is 0.179. The van der Waals surface area contributed by atoms with Gasteiger partial charge in [-0.25, -0.2) is 24.2 Å². The molecule has 2 N–H and O–H groups in total. The second kappa shape index (κ2) is 8.03. The van der Waals surface area contributed by atoms with Crippen LogP contribution in [-0.4, -0.2) is 52.9 Å². The molecule has 0 aromatic carbocycles. The first-order valence-electron chi connectivity index (χ1n) is 8.99. The Balaban J connectivity index is 1.42. The Labute approximate surface area is 169 Å². The molecule has 0 aliphatic carbocycles. The summed E-state index contributed by atoms with van der Waals surface area (Å²) in [6.45, 7) is 1.65. The van der Waals surface area contributed by atoms with E-state index in [1.807, 2.05) is 17.8 Å². The molecule has 0 atom stereocenters. The molecule has 0 radical (unpaired) electrons. The summed E-state index contributed by atoms with van der Waals surface area (Å²) in [6.07, 6.45) is 4.27. The van der Waals surface area contributed by atoms with Crippen molar-refractivity contribution in [3.63, 3.8) is 0 Å². The first-order valence-corrected chi connectivity index (χ1v) is 9.76. The van der Waals surface area contributed by atoms with Crippen LogP contribution < -0.4 is 5.32 Å². The average Bonchev–Trinajstić information content (AvgIpc) is 3.34. The Morgan fingerprint density at radius 3 is 2.62 bits per heavy atom. The van der Waals surface area contributed by atoms with Gasteiger partial charge in [-0.1, -0.05) is 0 Å². The van der Waals surface area contributed by atoms with Crippen LogP contribution in [0.3, 0.4) is 0 Å². The van der Waals surface area contributed by atoms with Crippen molar-refractivity contribution in [1.29, 1.82) is 0 Å². The van der Waals surface area contributed by atoms with Crippen LogP contribution in [-0.2, 0) is 13.2 Å². The number of halogens is 3. The Hall–Kier alpha value is -2.60. The fraction of sp³-hybridized carbons (Fsp3) is 0.412. The second-order valence-corrected chi connectivity index (χ2v) is 7.85. The number of hydrogen-bond donors (Lipinski definition) is 2. The number of H-pyrrole nitrogens is 1. The van der Waals surface area contributed by atoms with Gasteiger partial charge in [-0.15, -0.1) is 0 Å². The molecular weight excluding hydrogens is 405 g/mol. The number of nitrogens with one attached hydrogen (secondary N) is 2. The number of rotatable bonds is 5. The van der Waals surface area contributed by atoms with Gasteiger partial charge in [0.2, 0.25) is 5.95 Å². The molecule has 4 rings (SSSR count). The summed E-state index contributed by atoms with van der Waals surface area (Å²) in [5, 5.41) is 4.11. The van der Waals surface area contributed by atoms with Crippen LogP contribution in [0.1, 0.15) is 18.4 Å². The van der Waals surface area contributed by atoms with E-state index >= 15 is 0 Å². The highest BCUT2D eigenvalue weighted by molar-refractivity contribution is 7.97. The fourth-order valence-corrected chi connectivity index (χ4v) is 4.06. The lowest BCUT2D eigenvalue weighted by molar-refractivity contribution is -0.137. The molecule has 0 amide bonds. The molecule has 12 heteroatoms. The van der Waals surface area contributed by atoms with Gasteiger partial charge in [0.25, 0.3) is 0 Å². The summed E-state index contributed by atoms with van der Waals surface area (Å²) < 4.78 is 44.0. The molecule has 0 spiro atoms. The van der Waals surface area contributed by atoms with Gasteiger partial charge >= 0.3 is 6.18 Å². The van der Waals surface area contributed by atoms with E-state index < -0.39 is 11.7 Å². The van der Waals surface area contributed by atoms with Crippen molar-refractivity contribution in [2.45, 2.75) is 30.1 Å². The van der Waals surface area contributed by atoms with E-state index in [-0.39, 0.29) is 23.4 Å². The third-order valence-electron chi connectivity index (χ3n) is 4.54. The number of aromatic amines is 1. The number of imidazole rings is 2. The average molecular weight is 424 g/mol. The summed E-state index contributed by atoms with van der Waals surface area (Å²) in [4.78, 5) is 18.8. The largest absolute Gasteiger partial charge is 0.420 e. The van der Waals surface area contributed by atoms with E-state index in [4.69, 9.17) is 0 Å². The summed E-state index contributed by atoms with van der Waals surface area (Å²) in [5.41, 5.74) is -0.908. The van der Waals surface area contributed by atoms with Crippen molar-refractivity contribution in [2.24, 2.45) is 7.05 Å². The van der Waals surface area contributed by atoms with Gasteiger partial charge < -0.3 is 14.9 Å². The van der Waals surface area contributed by atoms with E-state index in [9.17, 15) is 13.2 Å². The van der Waals surface area contributed by atoms with Gasteiger partial charge in [0, 0.05) is 38.6 Å². The van der Waals surface area contributed by atoms with Gasteiger partial charge in [-0.3, -0.25) is 0 Å². The van der Waals surface area contributed by atoms with Gasteiger partial charge in [0.15, 0.2) is 0 Å². The number of nitrogens with zero attached hydrogens (tertiary/aromatic N) is 6. The monoisotopic (exact) mass is 424 g/mol. The molecule has 3 aromatic rings. The number of aromatic nitrogens is 6. The highest BCUT2D eigenvalue weighted by Crippen LogP contribution is 2.35. The standard InChI is InChI=1S/C17H19F3N8S/c1-27-8-14(24-10-27)29-28-4-2-11(3-5-28)25-16-22-6-12(17(18,19)20)15(26-16)13-7-21-9-23-13/h6-11H,2-5H2,1H3,(H,21,23)(H,22,25,26). The van der Waals surface area contributed by atoms with Crippen LogP contribution in [0, 0.1) is 0 Å². The highest BCUT2D eigenvalue weighted by Gasteiger charge is 2.36. The van der Waals surface area contributed by atoms with Crippen LogP contribution in [0.2, 0.25) is 0 Å². The molecule has 8 nitrogen and oxygen atoms in total.